The van der Waals surface area contributed by atoms with E-state index in [1.807, 2.05) is 6.07 Å². The van der Waals surface area contributed by atoms with E-state index in [-0.39, 0.29) is 11.8 Å². The Balaban J connectivity index is 1.31. The zero-order valence-corrected chi connectivity index (χ0v) is 19.0. The summed E-state index contributed by atoms with van der Waals surface area (Å²) in [5.74, 6) is -0.263. The molecular weight excluding hydrogens is 412 g/mol. The molecule has 0 aliphatic carbocycles. The van der Waals surface area contributed by atoms with Crippen LogP contribution in [0.15, 0.2) is 78.9 Å². The number of amides is 2. The number of anilines is 2. The van der Waals surface area contributed by atoms with Crippen LogP contribution in [-0.2, 0) is 17.9 Å². The molecule has 6 nitrogen and oxygen atoms in total. The van der Waals surface area contributed by atoms with E-state index in [1.165, 1.54) is 18.2 Å². The molecule has 0 spiro atoms. The first-order valence-electron chi connectivity index (χ1n) is 11.3. The van der Waals surface area contributed by atoms with Crippen LogP contribution in [0.25, 0.3) is 0 Å². The largest absolute Gasteiger partial charge is 0.369 e. The molecule has 1 heterocycles. The van der Waals surface area contributed by atoms with Crippen LogP contribution in [-0.4, -0.2) is 42.9 Å². The van der Waals surface area contributed by atoms with E-state index < -0.39 is 0 Å². The van der Waals surface area contributed by atoms with Gasteiger partial charge in [-0.3, -0.25) is 14.5 Å². The lowest BCUT2D eigenvalue weighted by molar-refractivity contribution is -0.114. The first-order valence-corrected chi connectivity index (χ1v) is 11.3. The third-order valence-corrected chi connectivity index (χ3v) is 5.91. The normalized spacial score (nSPS) is 14.0. The van der Waals surface area contributed by atoms with Crippen LogP contribution in [0.5, 0.6) is 0 Å². The maximum absolute atomic E-state index is 12.6. The highest BCUT2D eigenvalue weighted by atomic mass is 16.2. The van der Waals surface area contributed by atoms with Gasteiger partial charge >= 0.3 is 0 Å². The number of hydrogen-bond acceptors (Lipinski definition) is 4. The van der Waals surface area contributed by atoms with Gasteiger partial charge in [0, 0.05) is 63.1 Å². The van der Waals surface area contributed by atoms with Crippen molar-refractivity contribution >= 4 is 23.2 Å². The Bertz CT molecular complexity index is 1070. The molecule has 33 heavy (non-hydrogen) atoms. The molecule has 170 valence electrons. The van der Waals surface area contributed by atoms with E-state index in [1.54, 1.807) is 24.3 Å². The Morgan fingerprint density at radius 1 is 0.788 bits per heavy atom. The van der Waals surface area contributed by atoms with Gasteiger partial charge < -0.3 is 15.5 Å². The van der Waals surface area contributed by atoms with Crippen LogP contribution in [0, 0.1) is 0 Å². The number of piperazine rings is 1. The van der Waals surface area contributed by atoms with Crippen molar-refractivity contribution < 1.29 is 9.59 Å². The second-order valence-electron chi connectivity index (χ2n) is 8.31. The zero-order chi connectivity index (χ0) is 23.0. The first kappa shape index (κ1) is 22.6. The van der Waals surface area contributed by atoms with Gasteiger partial charge in [-0.1, -0.05) is 42.5 Å². The van der Waals surface area contributed by atoms with Crippen molar-refractivity contribution in [2.75, 3.05) is 36.4 Å². The molecule has 0 saturated carbocycles. The lowest BCUT2D eigenvalue weighted by Gasteiger charge is -2.36. The first-order chi connectivity index (χ1) is 16.1. The number of carbonyl (C=O) groups excluding carboxylic acids is 2. The third-order valence-electron chi connectivity index (χ3n) is 5.91. The summed E-state index contributed by atoms with van der Waals surface area (Å²) in [4.78, 5) is 28.7. The van der Waals surface area contributed by atoms with Crippen LogP contribution in [0.4, 0.5) is 11.4 Å². The fraction of sp³-hybridized carbons (Fsp3) is 0.259. The van der Waals surface area contributed by atoms with Gasteiger partial charge in [-0.05, 0) is 47.5 Å². The van der Waals surface area contributed by atoms with Crippen molar-refractivity contribution in [1.82, 2.24) is 10.2 Å². The lowest BCUT2D eigenvalue weighted by Crippen LogP contribution is -2.46. The van der Waals surface area contributed by atoms with Gasteiger partial charge in [0.2, 0.25) is 5.91 Å². The lowest BCUT2D eigenvalue weighted by atomic mass is 10.1. The Morgan fingerprint density at radius 2 is 1.42 bits per heavy atom. The predicted octanol–water partition coefficient (Wildman–Crippen LogP) is 3.90. The molecule has 0 bridgehead atoms. The summed E-state index contributed by atoms with van der Waals surface area (Å²) in [5, 5.41) is 5.74. The minimum Gasteiger partial charge on any atom is -0.369 e. The molecule has 1 saturated heterocycles. The van der Waals surface area contributed by atoms with Crippen LogP contribution >= 0.6 is 0 Å². The summed E-state index contributed by atoms with van der Waals surface area (Å²) < 4.78 is 0. The Labute approximate surface area is 195 Å². The smallest absolute Gasteiger partial charge is 0.251 e. The molecule has 0 aromatic heterocycles. The van der Waals surface area contributed by atoms with Gasteiger partial charge in [-0.25, -0.2) is 0 Å². The minimum atomic E-state index is -0.134. The fourth-order valence-corrected chi connectivity index (χ4v) is 4.11. The Hall–Kier alpha value is -3.64. The van der Waals surface area contributed by atoms with E-state index >= 15 is 0 Å². The molecule has 2 N–H and O–H groups in total. The van der Waals surface area contributed by atoms with E-state index in [2.05, 4.69) is 69.0 Å². The molecular formula is C27H30N4O2. The molecule has 0 atom stereocenters. The average Bonchev–Trinajstić information content (AvgIpc) is 2.84. The highest BCUT2D eigenvalue weighted by Gasteiger charge is 2.18. The fourth-order valence-electron chi connectivity index (χ4n) is 4.11. The van der Waals surface area contributed by atoms with Gasteiger partial charge in [-0.15, -0.1) is 0 Å². The number of benzene rings is 3. The molecule has 6 heteroatoms. The van der Waals surface area contributed by atoms with Gasteiger partial charge in [0.1, 0.15) is 0 Å². The predicted molar refractivity (Wildman–Crippen MR) is 132 cm³/mol. The summed E-state index contributed by atoms with van der Waals surface area (Å²) in [5.41, 5.74) is 4.90. The summed E-state index contributed by atoms with van der Waals surface area (Å²) in [6.45, 7) is 6.86. The van der Waals surface area contributed by atoms with Gasteiger partial charge in [0.25, 0.3) is 5.91 Å². The molecule has 1 fully saturated rings. The maximum Gasteiger partial charge on any atom is 0.251 e. The van der Waals surface area contributed by atoms with E-state index in [9.17, 15) is 9.59 Å². The molecule has 3 aromatic carbocycles. The number of hydrogen-bond donors (Lipinski definition) is 2. The molecule has 2 amide bonds. The topological polar surface area (TPSA) is 64.7 Å². The van der Waals surface area contributed by atoms with Crippen LogP contribution in [0.3, 0.4) is 0 Å². The molecule has 1 aliphatic heterocycles. The number of para-hydroxylation sites is 1. The SMILES string of the molecule is CC(=O)Nc1ccc(C(=O)NCc2ccccc2CN2CCN(c3ccccc3)CC2)cc1. The molecule has 0 radical (unpaired) electrons. The highest BCUT2D eigenvalue weighted by Crippen LogP contribution is 2.18. The molecule has 3 aromatic rings. The van der Waals surface area contributed by atoms with Gasteiger partial charge in [-0.2, -0.15) is 0 Å². The summed E-state index contributed by atoms with van der Waals surface area (Å²) in [7, 11) is 0. The third kappa shape index (κ3) is 6.20. The minimum absolute atomic E-state index is 0.129. The van der Waals surface area contributed by atoms with Gasteiger partial charge in [0.05, 0.1) is 0 Å². The maximum atomic E-state index is 12.6. The van der Waals surface area contributed by atoms with Crippen molar-refractivity contribution in [3.63, 3.8) is 0 Å². The van der Waals surface area contributed by atoms with E-state index in [0.29, 0.717) is 17.8 Å². The quantitative estimate of drug-likeness (QED) is 0.583. The summed E-state index contributed by atoms with van der Waals surface area (Å²) in [6.07, 6.45) is 0. The second-order valence-corrected chi connectivity index (χ2v) is 8.31. The number of nitrogens with one attached hydrogen (secondary N) is 2. The highest BCUT2D eigenvalue weighted by molar-refractivity contribution is 5.95. The van der Waals surface area contributed by atoms with Crippen molar-refractivity contribution in [1.29, 1.82) is 0 Å². The monoisotopic (exact) mass is 442 g/mol. The van der Waals surface area contributed by atoms with Gasteiger partial charge in [0.15, 0.2) is 0 Å². The van der Waals surface area contributed by atoms with Crippen molar-refractivity contribution in [2.45, 2.75) is 20.0 Å². The van der Waals surface area contributed by atoms with E-state index in [0.717, 1.165) is 38.3 Å². The molecule has 0 unspecified atom stereocenters. The number of nitrogens with zero attached hydrogens (tertiary/aromatic N) is 2. The van der Waals surface area contributed by atoms with Crippen LogP contribution in [0.1, 0.15) is 28.4 Å². The van der Waals surface area contributed by atoms with E-state index in [4.69, 9.17) is 0 Å². The number of rotatable bonds is 7. The second kappa shape index (κ2) is 10.8. The average molecular weight is 443 g/mol. The Kier molecular flexibility index (Phi) is 7.37. The molecule has 4 rings (SSSR count). The standard InChI is InChI=1S/C27H30N4O2/c1-21(32)29-25-13-11-22(12-14-25)27(33)28-19-23-7-5-6-8-24(23)20-30-15-17-31(18-16-30)26-9-3-2-4-10-26/h2-14H,15-20H2,1H3,(H,28,33)(H,29,32). The van der Waals surface area contributed by atoms with Crippen LogP contribution < -0.4 is 15.5 Å². The summed E-state index contributed by atoms with van der Waals surface area (Å²) >= 11 is 0. The zero-order valence-electron chi connectivity index (χ0n) is 19.0. The van der Waals surface area contributed by atoms with Crippen molar-refractivity contribution in [2.24, 2.45) is 0 Å². The van der Waals surface area contributed by atoms with Crippen molar-refractivity contribution in [3.05, 3.63) is 95.6 Å². The summed E-state index contributed by atoms with van der Waals surface area (Å²) in [6, 6.07) is 25.8. The Morgan fingerprint density at radius 3 is 2.09 bits per heavy atom. The molecule has 1 aliphatic rings. The number of carbonyl (C=O) groups is 2. The van der Waals surface area contributed by atoms with Crippen molar-refractivity contribution in [3.8, 4) is 0 Å². The van der Waals surface area contributed by atoms with Crippen LogP contribution in [0.2, 0.25) is 0 Å².